The standard InChI is InChI=1S/C15H18N6S/c1-4-10(16)5-11-9(3)20-21-13(11)12-7-22-15(19-12)14-17-6-8(2)18-14/h4-7,13,20-21H,1,16H2,2-3H3,(H,17,18)/b10-5+. The molecule has 7 heteroatoms. The van der Waals surface area contributed by atoms with Crippen LogP contribution in [0.4, 0.5) is 0 Å². The normalized spacial score (nSPS) is 18.6. The molecule has 5 N–H and O–H groups in total. The number of rotatable bonds is 4. The van der Waals surface area contributed by atoms with Gasteiger partial charge in [0, 0.05) is 28.7 Å². The number of allylic oxidation sites excluding steroid dienone is 2. The molecule has 0 saturated carbocycles. The van der Waals surface area contributed by atoms with Crippen LogP contribution in [0, 0.1) is 6.92 Å². The predicted octanol–water partition coefficient (Wildman–Crippen LogP) is 2.29. The van der Waals surface area contributed by atoms with Crippen LogP contribution in [0.1, 0.15) is 24.4 Å². The molecule has 0 fully saturated rings. The minimum absolute atomic E-state index is 0.0421. The van der Waals surface area contributed by atoms with Gasteiger partial charge in [-0.25, -0.2) is 15.4 Å². The Morgan fingerprint density at radius 1 is 1.45 bits per heavy atom. The SMILES string of the molecule is C=C/C(N)=C\C1=C(C)NNC1c1csc(-c2ncc(C)[nH]2)n1. The first-order chi connectivity index (χ1) is 10.6. The summed E-state index contributed by atoms with van der Waals surface area (Å²) in [7, 11) is 0. The van der Waals surface area contributed by atoms with Crippen LogP contribution in [0.15, 0.2) is 47.3 Å². The fraction of sp³-hybridized carbons (Fsp3) is 0.200. The molecule has 0 aliphatic carbocycles. The van der Waals surface area contributed by atoms with Crippen LogP contribution in [0.3, 0.4) is 0 Å². The van der Waals surface area contributed by atoms with Crippen LogP contribution in [0.2, 0.25) is 0 Å². The van der Waals surface area contributed by atoms with Crippen molar-refractivity contribution in [3.63, 3.8) is 0 Å². The van der Waals surface area contributed by atoms with Crippen LogP contribution in [0.5, 0.6) is 0 Å². The highest BCUT2D eigenvalue weighted by Gasteiger charge is 2.25. The Balaban J connectivity index is 1.91. The molecule has 0 bridgehead atoms. The molecule has 1 aliphatic heterocycles. The highest BCUT2D eigenvalue weighted by atomic mass is 32.1. The van der Waals surface area contributed by atoms with Gasteiger partial charge in [-0.1, -0.05) is 6.58 Å². The second kappa shape index (κ2) is 5.78. The number of H-pyrrole nitrogens is 1. The van der Waals surface area contributed by atoms with Gasteiger partial charge >= 0.3 is 0 Å². The molecule has 3 heterocycles. The first-order valence-corrected chi connectivity index (χ1v) is 7.75. The number of thiazole rings is 1. The zero-order valence-electron chi connectivity index (χ0n) is 12.5. The van der Waals surface area contributed by atoms with E-state index in [4.69, 9.17) is 5.73 Å². The van der Waals surface area contributed by atoms with Crippen LogP contribution in [-0.2, 0) is 0 Å². The van der Waals surface area contributed by atoms with Crippen LogP contribution in [0.25, 0.3) is 10.8 Å². The molecule has 0 aromatic carbocycles. The van der Waals surface area contributed by atoms with Gasteiger partial charge in [-0.05, 0) is 31.6 Å². The first-order valence-electron chi connectivity index (χ1n) is 6.88. The maximum Gasteiger partial charge on any atom is 0.166 e. The summed E-state index contributed by atoms with van der Waals surface area (Å²) in [6.07, 6.45) is 5.35. The van der Waals surface area contributed by atoms with Crippen LogP contribution in [-0.4, -0.2) is 15.0 Å². The number of nitrogens with two attached hydrogens (primary N) is 1. The van der Waals surface area contributed by atoms with E-state index in [0.29, 0.717) is 5.70 Å². The molecule has 22 heavy (non-hydrogen) atoms. The number of aromatic amines is 1. The van der Waals surface area contributed by atoms with Gasteiger partial charge in [0.2, 0.25) is 0 Å². The van der Waals surface area contributed by atoms with E-state index in [1.165, 1.54) is 0 Å². The molecule has 2 aromatic heterocycles. The van der Waals surface area contributed by atoms with Gasteiger partial charge in [-0.15, -0.1) is 11.3 Å². The van der Waals surface area contributed by atoms with Crippen molar-refractivity contribution in [2.75, 3.05) is 0 Å². The number of aromatic nitrogens is 3. The van der Waals surface area contributed by atoms with Crippen LogP contribution >= 0.6 is 11.3 Å². The van der Waals surface area contributed by atoms with E-state index < -0.39 is 0 Å². The Kier molecular flexibility index (Phi) is 3.82. The molecule has 6 nitrogen and oxygen atoms in total. The number of hydrazine groups is 1. The Hall–Kier alpha value is -2.38. The number of hydrogen-bond donors (Lipinski definition) is 4. The van der Waals surface area contributed by atoms with Crippen molar-refractivity contribution in [3.8, 4) is 10.8 Å². The van der Waals surface area contributed by atoms with Crippen molar-refractivity contribution in [1.82, 2.24) is 25.8 Å². The van der Waals surface area contributed by atoms with Gasteiger partial charge in [0.15, 0.2) is 10.8 Å². The molecule has 0 saturated heterocycles. The molecule has 2 aromatic rings. The lowest BCUT2D eigenvalue weighted by Gasteiger charge is -2.09. The van der Waals surface area contributed by atoms with E-state index in [0.717, 1.165) is 33.5 Å². The number of nitrogens with one attached hydrogen (secondary N) is 3. The molecule has 1 atom stereocenters. The Bertz CT molecular complexity index is 767. The maximum absolute atomic E-state index is 5.87. The monoisotopic (exact) mass is 314 g/mol. The molecule has 3 rings (SSSR count). The zero-order chi connectivity index (χ0) is 15.7. The van der Waals surface area contributed by atoms with Gasteiger partial charge < -0.3 is 16.1 Å². The van der Waals surface area contributed by atoms with E-state index in [1.807, 2.05) is 25.3 Å². The first kappa shape index (κ1) is 14.6. The van der Waals surface area contributed by atoms with Crippen molar-refractivity contribution in [2.45, 2.75) is 19.9 Å². The Morgan fingerprint density at radius 3 is 2.95 bits per heavy atom. The summed E-state index contributed by atoms with van der Waals surface area (Å²) in [4.78, 5) is 12.2. The number of imidazole rings is 1. The summed E-state index contributed by atoms with van der Waals surface area (Å²) >= 11 is 1.56. The van der Waals surface area contributed by atoms with Gasteiger partial charge in [-0.3, -0.25) is 0 Å². The molecular weight excluding hydrogens is 296 g/mol. The van der Waals surface area contributed by atoms with Gasteiger partial charge in [0.25, 0.3) is 0 Å². The van der Waals surface area contributed by atoms with Gasteiger partial charge in [-0.2, -0.15) is 0 Å². The Labute approximate surface area is 132 Å². The average molecular weight is 314 g/mol. The predicted molar refractivity (Wildman–Crippen MR) is 88.6 cm³/mol. The third kappa shape index (κ3) is 2.68. The number of nitrogens with zero attached hydrogens (tertiary/aromatic N) is 2. The molecule has 0 radical (unpaired) electrons. The minimum Gasteiger partial charge on any atom is -0.399 e. The third-order valence-corrected chi connectivity index (χ3v) is 4.30. The summed E-state index contributed by atoms with van der Waals surface area (Å²) in [5.41, 5.74) is 16.9. The third-order valence-electron chi connectivity index (χ3n) is 3.43. The van der Waals surface area contributed by atoms with Crippen molar-refractivity contribution < 1.29 is 0 Å². The summed E-state index contributed by atoms with van der Waals surface area (Å²) in [6, 6.07) is -0.0421. The average Bonchev–Trinajstić information content (AvgIpc) is 3.20. The van der Waals surface area contributed by atoms with Gasteiger partial charge in [0.1, 0.15) is 0 Å². The summed E-state index contributed by atoms with van der Waals surface area (Å²) in [6.45, 7) is 7.66. The highest BCUT2D eigenvalue weighted by Crippen LogP contribution is 2.31. The highest BCUT2D eigenvalue weighted by molar-refractivity contribution is 7.13. The Morgan fingerprint density at radius 2 is 2.27 bits per heavy atom. The molecule has 1 aliphatic rings. The van der Waals surface area contributed by atoms with Crippen molar-refractivity contribution in [2.24, 2.45) is 5.73 Å². The second-order valence-corrected chi connectivity index (χ2v) is 5.98. The largest absolute Gasteiger partial charge is 0.399 e. The fourth-order valence-corrected chi connectivity index (χ4v) is 3.05. The topological polar surface area (TPSA) is 91.6 Å². The summed E-state index contributed by atoms with van der Waals surface area (Å²) in [5, 5.41) is 2.90. The molecule has 114 valence electrons. The van der Waals surface area contributed by atoms with E-state index >= 15 is 0 Å². The van der Waals surface area contributed by atoms with Crippen molar-refractivity contribution in [1.29, 1.82) is 0 Å². The fourth-order valence-electron chi connectivity index (χ4n) is 2.26. The quantitative estimate of drug-likeness (QED) is 0.650. The number of aryl methyl sites for hydroxylation is 1. The second-order valence-electron chi connectivity index (χ2n) is 5.12. The molecule has 1 unspecified atom stereocenters. The smallest absolute Gasteiger partial charge is 0.166 e. The molecule has 0 amide bonds. The van der Waals surface area contributed by atoms with Gasteiger partial charge in [0.05, 0.1) is 11.7 Å². The minimum atomic E-state index is -0.0421. The lowest BCUT2D eigenvalue weighted by atomic mass is 10.0. The van der Waals surface area contributed by atoms with E-state index in [1.54, 1.807) is 23.6 Å². The van der Waals surface area contributed by atoms with Crippen molar-refractivity contribution >= 4 is 11.3 Å². The molecular formula is C15H18N6S. The maximum atomic E-state index is 5.87. The lowest BCUT2D eigenvalue weighted by molar-refractivity contribution is 0.582. The number of hydrogen-bond acceptors (Lipinski definition) is 6. The summed E-state index contributed by atoms with van der Waals surface area (Å²) < 4.78 is 0. The van der Waals surface area contributed by atoms with Crippen molar-refractivity contribution in [3.05, 3.63) is 58.7 Å². The van der Waals surface area contributed by atoms with Crippen LogP contribution < -0.4 is 16.6 Å². The lowest BCUT2D eigenvalue weighted by Crippen LogP contribution is -2.26. The van der Waals surface area contributed by atoms with E-state index in [9.17, 15) is 0 Å². The van der Waals surface area contributed by atoms with E-state index in [2.05, 4.69) is 32.4 Å². The summed E-state index contributed by atoms with van der Waals surface area (Å²) in [5.74, 6) is 0.795. The molecule has 0 spiro atoms. The zero-order valence-corrected chi connectivity index (χ0v) is 13.3. The van der Waals surface area contributed by atoms with E-state index in [-0.39, 0.29) is 6.04 Å².